The molecule has 0 unspecified atom stereocenters. The molecule has 3 nitrogen and oxygen atoms in total. The number of nitrogens with zero attached hydrogens (tertiary/aromatic N) is 1. The number of aromatic nitrogens is 1. The van der Waals surface area contributed by atoms with Crippen LogP contribution in [0.4, 0.5) is 0 Å². The summed E-state index contributed by atoms with van der Waals surface area (Å²) in [6, 6.07) is 6.19. The molecule has 102 valence electrons. The Kier molecular flexibility index (Phi) is 4.93. The van der Waals surface area contributed by atoms with Crippen LogP contribution in [-0.4, -0.2) is 25.2 Å². The Balaban J connectivity index is 2.11. The summed E-state index contributed by atoms with van der Waals surface area (Å²) in [5, 5.41) is 6.63. The van der Waals surface area contributed by atoms with E-state index in [0.29, 0.717) is 0 Å². The lowest BCUT2D eigenvalue weighted by Crippen LogP contribution is -2.15. The zero-order valence-electron chi connectivity index (χ0n) is 11.7. The van der Waals surface area contributed by atoms with Gasteiger partial charge in [0, 0.05) is 23.9 Å². The van der Waals surface area contributed by atoms with E-state index in [2.05, 4.69) is 41.7 Å². The molecule has 1 aromatic heterocycles. The number of benzene rings is 1. The predicted octanol–water partition coefficient (Wildman–Crippen LogP) is 3.28. The first-order valence-corrected chi connectivity index (χ1v) is 7.42. The van der Waals surface area contributed by atoms with Crippen LogP contribution in [0.25, 0.3) is 11.3 Å². The maximum atomic E-state index is 5.28. The maximum Gasteiger partial charge on any atom is 0.121 e. The van der Waals surface area contributed by atoms with Gasteiger partial charge in [0.1, 0.15) is 5.75 Å². The molecule has 1 N–H and O–H groups in total. The van der Waals surface area contributed by atoms with Gasteiger partial charge >= 0.3 is 0 Å². The molecule has 1 aromatic carbocycles. The molecule has 0 fully saturated rings. The molecule has 0 radical (unpaired) electrons. The highest BCUT2D eigenvalue weighted by molar-refractivity contribution is 7.09. The maximum absolute atomic E-state index is 5.28. The first-order valence-electron chi connectivity index (χ1n) is 6.54. The van der Waals surface area contributed by atoms with E-state index in [9.17, 15) is 0 Å². The van der Waals surface area contributed by atoms with Crippen molar-refractivity contribution in [3.63, 3.8) is 0 Å². The van der Waals surface area contributed by atoms with Crippen LogP contribution in [0, 0.1) is 6.92 Å². The number of rotatable bonds is 6. The molecular formula is C15H20N2OS. The third kappa shape index (κ3) is 3.55. The van der Waals surface area contributed by atoms with Gasteiger partial charge in [-0.3, -0.25) is 0 Å². The number of thiazole rings is 1. The number of likely N-dealkylation sites (N-methyl/N-ethyl adjacent to an activating group) is 1. The van der Waals surface area contributed by atoms with Crippen molar-refractivity contribution in [3.8, 4) is 17.0 Å². The molecule has 19 heavy (non-hydrogen) atoms. The summed E-state index contributed by atoms with van der Waals surface area (Å²) in [6.07, 6.45) is 0.994. The van der Waals surface area contributed by atoms with Gasteiger partial charge in [0.05, 0.1) is 17.8 Å². The molecule has 0 amide bonds. The summed E-state index contributed by atoms with van der Waals surface area (Å²) >= 11 is 1.73. The van der Waals surface area contributed by atoms with E-state index in [4.69, 9.17) is 4.74 Å². The molecule has 0 aliphatic heterocycles. The summed E-state index contributed by atoms with van der Waals surface area (Å²) in [6.45, 7) is 6.18. The first kappa shape index (κ1) is 14.0. The number of ether oxygens (including phenoxy) is 1. The number of methoxy groups -OCH3 is 1. The Morgan fingerprint density at radius 2 is 2.21 bits per heavy atom. The summed E-state index contributed by atoms with van der Waals surface area (Å²) in [5.41, 5.74) is 3.36. The Labute approximate surface area is 118 Å². The van der Waals surface area contributed by atoms with Crippen LogP contribution in [0.15, 0.2) is 23.6 Å². The van der Waals surface area contributed by atoms with Crippen molar-refractivity contribution >= 4 is 11.3 Å². The van der Waals surface area contributed by atoms with E-state index < -0.39 is 0 Å². The monoisotopic (exact) mass is 276 g/mol. The third-order valence-electron chi connectivity index (χ3n) is 3.01. The van der Waals surface area contributed by atoms with Crippen molar-refractivity contribution in [3.05, 3.63) is 34.2 Å². The number of hydrogen-bond acceptors (Lipinski definition) is 4. The van der Waals surface area contributed by atoms with Crippen molar-refractivity contribution in [2.75, 3.05) is 20.2 Å². The highest BCUT2D eigenvalue weighted by atomic mass is 32.1. The van der Waals surface area contributed by atoms with Gasteiger partial charge in [-0.05, 0) is 37.2 Å². The number of aryl methyl sites for hydroxylation is 1. The van der Waals surface area contributed by atoms with Gasteiger partial charge in [-0.1, -0.05) is 6.92 Å². The second-order valence-corrected chi connectivity index (χ2v) is 5.36. The summed E-state index contributed by atoms with van der Waals surface area (Å²) in [7, 11) is 1.70. The normalized spacial score (nSPS) is 10.7. The Morgan fingerprint density at radius 1 is 1.37 bits per heavy atom. The van der Waals surface area contributed by atoms with Crippen molar-refractivity contribution < 1.29 is 4.74 Å². The second kappa shape index (κ2) is 6.68. The lowest BCUT2D eigenvalue weighted by Gasteiger charge is -2.05. The summed E-state index contributed by atoms with van der Waals surface area (Å²) in [4.78, 5) is 4.69. The molecule has 2 aromatic rings. The second-order valence-electron chi connectivity index (χ2n) is 4.41. The van der Waals surface area contributed by atoms with Gasteiger partial charge in [-0.2, -0.15) is 0 Å². The van der Waals surface area contributed by atoms with E-state index in [1.807, 2.05) is 6.07 Å². The van der Waals surface area contributed by atoms with E-state index in [1.54, 1.807) is 18.4 Å². The molecule has 0 saturated heterocycles. The van der Waals surface area contributed by atoms with Crippen LogP contribution < -0.4 is 10.1 Å². The van der Waals surface area contributed by atoms with Crippen LogP contribution in [0.2, 0.25) is 0 Å². The SMILES string of the molecule is CCNCCc1nc(-c2ccc(OC)c(C)c2)cs1. The Morgan fingerprint density at radius 3 is 2.89 bits per heavy atom. The lowest BCUT2D eigenvalue weighted by molar-refractivity contribution is 0.412. The number of hydrogen-bond donors (Lipinski definition) is 1. The van der Waals surface area contributed by atoms with Crippen LogP contribution in [0.3, 0.4) is 0 Å². The fourth-order valence-corrected chi connectivity index (χ4v) is 2.78. The van der Waals surface area contributed by atoms with Crippen molar-refractivity contribution in [2.45, 2.75) is 20.3 Å². The van der Waals surface area contributed by atoms with E-state index in [1.165, 1.54) is 5.01 Å². The van der Waals surface area contributed by atoms with Gasteiger partial charge in [0.25, 0.3) is 0 Å². The molecule has 0 atom stereocenters. The zero-order chi connectivity index (χ0) is 13.7. The average molecular weight is 276 g/mol. The molecule has 0 spiro atoms. The Bertz CT molecular complexity index is 537. The zero-order valence-corrected chi connectivity index (χ0v) is 12.5. The topological polar surface area (TPSA) is 34.2 Å². The highest BCUT2D eigenvalue weighted by Crippen LogP contribution is 2.27. The minimum Gasteiger partial charge on any atom is -0.496 e. The van der Waals surface area contributed by atoms with Crippen molar-refractivity contribution in [1.29, 1.82) is 0 Å². The molecule has 0 aliphatic carbocycles. The minimum atomic E-state index is 0.923. The lowest BCUT2D eigenvalue weighted by atomic mass is 10.1. The first-order chi connectivity index (χ1) is 9.24. The van der Waals surface area contributed by atoms with Gasteiger partial charge in [0.2, 0.25) is 0 Å². The van der Waals surface area contributed by atoms with Gasteiger partial charge in [-0.15, -0.1) is 11.3 Å². The van der Waals surface area contributed by atoms with Crippen LogP contribution in [0.5, 0.6) is 5.75 Å². The molecular weight excluding hydrogens is 256 g/mol. The third-order valence-corrected chi connectivity index (χ3v) is 3.92. The van der Waals surface area contributed by atoms with Gasteiger partial charge in [0.15, 0.2) is 0 Å². The molecule has 1 heterocycles. The largest absolute Gasteiger partial charge is 0.496 e. The predicted molar refractivity (Wildman–Crippen MR) is 81.1 cm³/mol. The molecule has 2 rings (SSSR count). The molecule has 0 bridgehead atoms. The van der Waals surface area contributed by atoms with E-state index >= 15 is 0 Å². The molecule has 0 aliphatic rings. The molecule has 0 saturated carbocycles. The molecule has 4 heteroatoms. The van der Waals surface area contributed by atoms with Crippen LogP contribution >= 0.6 is 11.3 Å². The van der Waals surface area contributed by atoms with Crippen molar-refractivity contribution in [2.24, 2.45) is 0 Å². The fourth-order valence-electron chi connectivity index (χ4n) is 1.97. The van der Waals surface area contributed by atoms with Crippen molar-refractivity contribution in [1.82, 2.24) is 10.3 Å². The minimum absolute atomic E-state index is 0.923. The quantitative estimate of drug-likeness (QED) is 0.822. The smallest absolute Gasteiger partial charge is 0.121 e. The van der Waals surface area contributed by atoms with E-state index in [-0.39, 0.29) is 0 Å². The standard InChI is InChI=1S/C15H20N2OS/c1-4-16-8-7-15-17-13(10-19-15)12-5-6-14(18-3)11(2)9-12/h5-6,9-10,16H,4,7-8H2,1-3H3. The summed E-state index contributed by atoms with van der Waals surface area (Å²) in [5.74, 6) is 0.923. The highest BCUT2D eigenvalue weighted by Gasteiger charge is 2.06. The van der Waals surface area contributed by atoms with Crippen LogP contribution in [0.1, 0.15) is 17.5 Å². The average Bonchev–Trinajstić information content (AvgIpc) is 2.88. The van der Waals surface area contributed by atoms with E-state index in [0.717, 1.165) is 42.1 Å². The number of nitrogens with one attached hydrogen (secondary N) is 1. The fraction of sp³-hybridized carbons (Fsp3) is 0.400. The van der Waals surface area contributed by atoms with Gasteiger partial charge in [-0.25, -0.2) is 4.98 Å². The summed E-state index contributed by atoms with van der Waals surface area (Å²) < 4.78 is 5.28. The van der Waals surface area contributed by atoms with Crippen LogP contribution in [-0.2, 0) is 6.42 Å². The van der Waals surface area contributed by atoms with Gasteiger partial charge < -0.3 is 10.1 Å². The Hall–Kier alpha value is -1.39.